The van der Waals surface area contributed by atoms with Crippen LogP contribution in [0.25, 0.3) is 0 Å². The predicted molar refractivity (Wildman–Crippen MR) is 217 cm³/mol. The van der Waals surface area contributed by atoms with Crippen LogP contribution in [-0.2, 0) is 14.0 Å². The molecule has 3 nitrogen and oxygen atoms in total. The van der Waals surface area contributed by atoms with Crippen LogP contribution < -0.4 is 0 Å². The van der Waals surface area contributed by atoms with Gasteiger partial charge < -0.3 is 14.0 Å². The molecule has 7 heteroatoms. The Morgan fingerprint density at radius 3 is 0.739 bits per heavy atom. The van der Waals surface area contributed by atoms with Crippen LogP contribution in [0.3, 0.4) is 0 Å². The van der Waals surface area contributed by atoms with E-state index in [0.29, 0.717) is 19.8 Å². The molecule has 0 aliphatic heterocycles. The summed E-state index contributed by atoms with van der Waals surface area (Å²) in [6.07, 6.45) is 37.7. The van der Waals surface area contributed by atoms with E-state index < -0.39 is 7.32 Å². The van der Waals surface area contributed by atoms with Gasteiger partial charge in [0.05, 0.1) is 0 Å². The summed E-state index contributed by atoms with van der Waals surface area (Å²) in [6, 6.07) is 0. The first-order chi connectivity index (χ1) is 22.8. The third-order valence-electron chi connectivity index (χ3n) is 8.62. The van der Waals surface area contributed by atoms with Crippen LogP contribution in [0.1, 0.15) is 194 Å². The summed E-state index contributed by atoms with van der Waals surface area (Å²) in [5.41, 5.74) is 0. The van der Waals surface area contributed by atoms with E-state index in [-0.39, 0.29) is 0 Å². The van der Waals surface area contributed by atoms with Crippen molar-refractivity contribution in [2.45, 2.75) is 194 Å². The average molecular weight is 705 g/mol. The topological polar surface area (TPSA) is 27.7 Å². The minimum Gasteiger partial charge on any atom is -0.385 e. The lowest BCUT2D eigenvalue weighted by atomic mass is 10.1. The SMILES string of the molecule is CCCCCCCCCCCSCCOB(OCCSCCCCCCCCCCC)OCCSCCCCCCCCCCC. The second-order valence-electron chi connectivity index (χ2n) is 13.2. The molecule has 0 fully saturated rings. The second-order valence-corrected chi connectivity index (χ2v) is 16.9. The molecule has 0 bridgehead atoms. The van der Waals surface area contributed by atoms with E-state index in [2.05, 4.69) is 20.8 Å². The molecule has 276 valence electrons. The quantitative estimate of drug-likeness (QED) is 0.0464. The molecule has 46 heavy (non-hydrogen) atoms. The van der Waals surface area contributed by atoms with Crippen LogP contribution in [-0.4, -0.2) is 61.7 Å². The van der Waals surface area contributed by atoms with Crippen molar-refractivity contribution < 1.29 is 14.0 Å². The third kappa shape index (κ3) is 41.2. The largest absolute Gasteiger partial charge is 0.639 e. The standard InChI is InChI=1S/C39H81BO3S3/c1-4-7-10-13-16-19-22-25-28-34-44-37-31-41-40(42-32-38-45-35-29-26-23-20-17-14-11-8-5-2)43-33-39-46-36-30-27-24-21-18-15-12-9-6-3/h4-39H2,1-3H3. The molecular weight excluding hydrogens is 623 g/mol. The maximum absolute atomic E-state index is 6.06. The van der Waals surface area contributed by atoms with E-state index in [1.807, 2.05) is 35.3 Å². The summed E-state index contributed by atoms with van der Waals surface area (Å²) < 4.78 is 18.2. The van der Waals surface area contributed by atoms with Gasteiger partial charge in [0.25, 0.3) is 0 Å². The lowest BCUT2D eigenvalue weighted by Gasteiger charge is -2.14. The average Bonchev–Trinajstić information content (AvgIpc) is 3.07. The minimum atomic E-state index is -0.505. The first-order valence-corrected chi connectivity index (χ1v) is 23.9. The maximum Gasteiger partial charge on any atom is 0.639 e. The monoisotopic (exact) mass is 705 g/mol. The van der Waals surface area contributed by atoms with E-state index in [1.54, 1.807) is 0 Å². The molecular formula is C39H81BO3S3. The van der Waals surface area contributed by atoms with Crippen LogP contribution in [0.5, 0.6) is 0 Å². The molecule has 0 rings (SSSR count). The Labute approximate surface area is 303 Å². The van der Waals surface area contributed by atoms with Gasteiger partial charge in [-0.3, -0.25) is 0 Å². The van der Waals surface area contributed by atoms with Crippen LogP contribution in [0.2, 0.25) is 0 Å². The lowest BCUT2D eigenvalue weighted by Crippen LogP contribution is -2.30. The van der Waals surface area contributed by atoms with Gasteiger partial charge >= 0.3 is 7.32 Å². The summed E-state index contributed by atoms with van der Waals surface area (Å²) in [5.74, 6) is 6.83. The highest BCUT2D eigenvalue weighted by atomic mass is 32.2. The summed E-state index contributed by atoms with van der Waals surface area (Å²) in [6.45, 7) is 9.02. The van der Waals surface area contributed by atoms with Gasteiger partial charge in [-0.05, 0) is 36.5 Å². The van der Waals surface area contributed by atoms with E-state index in [1.165, 1.54) is 191 Å². The van der Waals surface area contributed by atoms with Gasteiger partial charge in [0.1, 0.15) is 0 Å². The number of unbranched alkanes of at least 4 members (excludes halogenated alkanes) is 24. The van der Waals surface area contributed by atoms with Gasteiger partial charge in [0.15, 0.2) is 0 Å². The van der Waals surface area contributed by atoms with Gasteiger partial charge in [0.2, 0.25) is 0 Å². The fourth-order valence-corrected chi connectivity index (χ4v) is 8.08. The Hall–Kier alpha value is 0.995. The predicted octanol–water partition coefficient (Wildman–Crippen LogP) is 13.8. The molecule has 0 aromatic carbocycles. The normalized spacial score (nSPS) is 11.5. The Bertz CT molecular complexity index is 461. The minimum absolute atomic E-state index is 0.505. The van der Waals surface area contributed by atoms with Crippen molar-refractivity contribution in [2.75, 3.05) is 54.3 Å². The zero-order chi connectivity index (χ0) is 33.3. The zero-order valence-electron chi connectivity index (χ0n) is 31.5. The highest BCUT2D eigenvalue weighted by Gasteiger charge is 2.21. The Morgan fingerprint density at radius 1 is 0.283 bits per heavy atom. The number of hydrogen-bond acceptors (Lipinski definition) is 6. The van der Waals surface area contributed by atoms with Gasteiger partial charge in [-0.1, -0.05) is 175 Å². The fourth-order valence-electron chi connectivity index (χ4n) is 5.60. The first kappa shape index (κ1) is 47.0. The molecule has 0 spiro atoms. The highest BCUT2D eigenvalue weighted by Crippen LogP contribution is 2.15. The van der Waals surface area contributed by atoms with Crippen molar-refractivity contribution in [1.82, 2.24) is 0 Å². The number of rotatable bonds is 42. The van der Waals surface area contributed by atoms with E-state index >= 15 is 0 Å². The fraction of sp³-hybridized carbons (Fsp3) is 1.00. The third-order valence-corrected chi connectivity index (χ3v) is 11.7. The molecule has 0 radical (unpaired) electrons. The Kier molecular flexibility index (Phi) is 45.0. The van der Waals surface area contributed by atoms with Crippen molar-refractivity contribution in [3.05, 3.63) is 0 Å². The van der Waals surface area contributed by atoms with Gasteiger partial charge in [-0.2, -0.15) is 35.3 Å². The summed E-state index contributed by atoms with van der Waals surface area (Å²) in [5, 5.41) is 0. The molecule has 0 atom stereocenters. The van der Waals surface area contributed by atoms with Gasteiger partial charge in [0, 0.05) is 37.1 Å². The van der Waals surface area contributed by atoms with Crippen molar-refractivity contribution >= 4 is 42.6 Å². The second kappa shape index (κ2) is 44.0. The zero-order valence-corrected chi connectivity index (χ0v) is 33.9. The molecule has 0 aliphatic carbocycles. The van der Waals surface area contributed by atoms with E-state index in [4.69, 9.17) is 14.0 Å². The highest BCUT2D eigenvalue weighted by molar-refractivity contribution is 7.99. The van der Waals surface area contributed by atoms with Crippen molar-refractivity contribution in [3.8, 4) is 0 Å². The van der Waals surface area contributed by atoms with Crippen LogP contribution in [0.4, 0.5) is 0 Å². The molecule has 0 aliphatic rings. The molecule has 0 aromatic rings. The molecule has 0 amide bonds. The van der Waals surface area contributed by atoms with Crippen LogP contribution in [0.15, 0.2) is 0 Å². The van der Waals surface area contributed by atoms with E-state index in [9.17, 15) is 0 Å². The molecule has 0 saturated carbocycles. The molecule has 0 aromatic heterocycles. The molecule has 0 heterocycles. The van der Waals surface area contributed by atoms with Gasteiger partial charge in [-0.25, -0.2) is 0 Å². The summed E-state index contributed by atoms with van der Waals surface area (Å²) in [4.78, 5) is 0. The maximum atomic E-state index is 6.06. The lowest BCUT2D eigenvalue weighted by molar-refractivity contribution is 0.109. The van der Waals surface area contributed by atoms with Crippen LogP contribution >= 0.6 is 35.3 Å². The number of thioether (sulfide) groups is 3. The Morgan fingerprint density at radius 2 is 0.500 bits per heavy atom. The van der Waals surface area contributed by atoms with Crippen molar-refractivity contribution in [3.63, 3.8) is 0 Å². The van der Waals surface area contributed by atoms with Crippen molar-refractivity contribution in [1.29, 1.82) is 0 Å². The first-order valence-electron chi connectivity index (χ1n) is 20.4. The summed E-state index contributed by atoms with van der Waals surface area (Å²) in [7, 11) is -0.505. The van der Waals surface area contributed by atoms with Gasteiger partial charge in [-0.15, -0.1) is 0 Å². The van der Waals surface area contributed by atoms with Crippen molar-refractivity contribution in [2.24, 2.45) is 0 Å². The molecule has 0 saturated heterocycles. The smallest absolute Gasteiger partial charge is 0.385 e. The van der Waals surface area contributed by atoms with E-state index in [0.717, 1.165) is 17.3 Å². The Balaban J connectivity index is 3.91. The summed E-state index contributed by atoms with van der Waals surface area (Å²) >= 11 is 6.06. The number of hydrogen-bond donors (Lipinski definition) is 0. The molecule has 0 N–H and O–H groups in total. The van der Waals surface area contributed by atoms with Crippen LogP contribution in [0, 0.1) is 0 Å². The molecule has 0 unspecified atom stereocenters.